The van der Waals surface area contributed by atoms with Gasteiger partial charge in [-0.05, 0) is 89.3 Å². The molecule has 0 aromatic carbocycles. The summed E-state index contributed by atoms with van der Waals surface area (Å²) in [4.78, 5) is 58.0. The van der Waals surface area contributed by atoms with E-state index in [1.807, 2.05) is 0 Å². The summed E-state index contributed by atoms with van der Waals surface area (Å²) in [6.07, 6.45) is -1.07. The van der Waals surface area contributed by atoms with Crippen molar-refractivity contribution < 1.29 is 38.1 Å². The fourth-order valence-corrected chi connectivity index (χ4v) is 3.14. The summed E-state index contributed by atoms with van der Waals surface area (Å²) in [7, 11) is 0. The van der Waals surface area contributed by atoms with Crippen molar-refractivity contribution in [3.63, 3.8) is 0 Å². The van der Waals surface area contributed by atoms with Gasteiger partial charge in [-0.1, -0.05) is 11.8 Å². The van der Waals surface area contributed by atoms with Gasteiger partial charge in [-0.2, -0.15) is 10.00 Å². The van der Waals surface area contributed by atoms with Gasteiger partial charge in [0, 0.05) is 6.42 Å². The van der Waals surface area contributed by atoms with Crippen molar-refractivity contribution in [3.8, 4) is 0 Å². The van der Waals surface area contributed by atoms with Crippen LogP contribution < -0.4 is 0 Å². The number of ether oxygens (including phenoxy) is 4. The molecule has 1 aromatic rings. The van der Waals surface area contributed by atoms with Crippen molar-refractivity contribution in [2.75, 3.05) is 6.26 Å². The van der Waals surface area contributed by atoms with E-state index in [1.54, 1.807) is 89.3 Å². The second-order valence-electron chi connectivity index (χ2n) is 12.7. The van der Waals surface area contributed by atoms with Crippen LogP contribution in [0.5, 0.6) is 0 Å². The molecular weight excluding hydrogens is 528 g/mol. The van der Waals surface area contributed by atoms with Crippen molar-refractivity contribution >= 4 is 35.9 Å². The lowest BCUT2D eigenvalue weighted by Gasteiger charge is -2.33. The van der Waals surface area contributed by atoms with Gasteiger partial charge in [-0.25, -0.2) is 24.2 Å². The Kier molecular flexibility index (Phi) is 10.9. The van der Waals surface area contributed by atoms with Gasteiger partial charge in [-0.15, -0.1) is 5.10 Å². The first-order valence-corrected chi connectivity index (χ1v) is 13.6. The van der Waals surface area contributed by atoms with Crippen molar-refractivity contribution in [2.45, 2.75) is 123 Å². The number of imide groups is 1. The number of rotatable bonds is 6. The molecule has 0 fully saturated rings. The zero-order valence-electron chi connectivity index (χ0n) is 25.2. The van der Waals surface area contributed by atoms with E-state index < -0.39 is 59.0 Å². The molecule has 0 radical (unpaired) electrons. The van der Waals surface area contributed by atoms with Crippen molar-refractivity contribution in [1.82, 2.24) is 20.1 Å². The quantitative estimate of drug-likeness (QED) is 0.258. The van der Waals surface area contributed by atoms with Crippen LogP contribution in [0.1, 0.15) is 99.3 Å². The molecule has 0 aliphatic carbocycles. The number of esters is 2. The first-order chi connectivity index (χ1) is 17.4. The number of carbonyl (C=O) groups excluding carboxylic acids is 4. The lowest BCUT2D eigenvalue weighted by Crippen LogP contribution is -2.54. The van der Waals surface area contributed by atoms with Crippen LogP contribution in [0.3, 0.4) is 0 Å². The van der Waals surface area contributed by atoms with Crippen LogP contribution in [0.4, 0.5) is 9.59 Å². The molecule has 39 heavy (non-hydrogen) atoms. The monoisotopic (exact) mass is 570 g/mol. The SMILES string of the molecule is CSc1nnc(C[C@@H](C(=O)OC(C)(C)C)N(C(=O)OC(C)(C)C)C(=O)OC(C)(C)C)c(C(=O)OC(C)(C)C)n1. The highest BCUT2D eigenvalue weighted by Crippen LogP contribution is 2.23. The van der Waals surface area contributed by atoms with E-state index in [2.05, 4.69) is 15.2 Å². The molecule has 0 saturated carbocycles. The first-order valence-electron chi connectivity index (χ1n) is 12.4. The first kappa shape index (κ1) is 34.1. The molecule has 1 aromatic heterocycles. The molecule has 0 aliphatic rings. The highest BCUT2D eigenvalue weighted by molar-refractivity contribution is 7.98. The number of thioether (sulfide) groups is 1. The number of hydrogen-bond donors (Lipinski definition) is 0. The Morgan fingerprint density at radius 1 is 0.718 bits per heavy atom. The van der Waals surface area contributed by atoms with Crippen LogP contribution in [0.25, 0.3) is 0 Å². The molecule has 0 bridgehead atoms. The van der Waals surface area contributed by atoms with E-state index in [-0.39, 0.29) is 16.5 Å². The smallest absolute Gasteiger partial charge is 0.420 e. The molecule has 0 N–H and O–H groups in total. The fourth-order valence-electron chi connectivity index (χ4n) is 2.83. The maximum Gasteiger partial charge on any atom is 0.420 e. The van der Waals surface area contributed by atoms with Crippen molar-refractivity contribution in [1.29, 1.82) is 0 Å². The Morgan fingerprint density at radius 2 is 1.15 bits per heavy atom. The van der Waals surface area contributed by atoms with Crippen LogP contribution in [-0.4, -0.2) is 78.9 Å². The van der Waals surface area contributed by atoms with Crippen LogP contribution in [0, 0.1) is 0 Å². The largest absolute Gasteiger partial charge is 0.458 e. The molecule has 1 atom stereocenters. The van der Waals surface area contributed by atoms with Crippen LogP contribution in [-0.2, 0) is 30.2 Å². The van der Waals surface area contributed by atoms with E-state index in [4.69, 9.17) is 18.9 Å². The topological polar surface area (TPSA) is 147 Å². The van der Waals surface area contributed by atoms with E-state index in [1.165, 1.54) is 0 Å². The molecule has 13 heteroatoms. The van der Waals surface area contributed by atoms with Crippen molar-refractivity contribution in [2.24, 2.45) is 0 Å². The number of amides is 2. The van der Waals surface area contributed by atoms with E-state index >= 15 is 0 Å². The van der Waals surface area contributed by atoms with Gasteiger partial charge >= 0.3 is 24.1 Å². The van der Waals surface area contributed by atoms with E-state index in [9.17, 15) is 19.2 Å². The second-order valence-corrected chi connectivity index (χ2v) is 13.5. The number of carbonyl (C=O) groups is 4. The lowest BCUT2D eigenvalue weighted by molar-refractivity contribution is -0.161. The maximum absolute atomic E-state index is 13.5. The summed E-state index contributed by atoms with van der Waals surface area (Å²) in [6.45, 7) is 19.6. The van der Waals surface area contributed by atoms with E-state index in [0.29, 0.717) is 4.90 Å². The number of aromatic nitrogens is 3. The summed E-state index contributed by atoms with van der Waals surface area (Å²) in [6, 6.07) is -1.65. The van der Waals surface area contributed by atoms with Gasteiger partial charge in [0.1, 0.15) is 28.4 Å². The Balaban J connectivity index is 3.78. The molecule has 220 valence electrons. The zero-order chi connectivity index (χ0) is 30.6. The van der Waals surface area contributed by atoms with Gasteiger partial charge < -0.3 is 18.9 Å². The molecule has 0 aliphatic heterocycles. The minimum absolute atomic E-state index is 0.0879. The normalized spacial score (nSPS) is 13.3. The van der Waals surface area contributed by atoms with Crippen molar-refractivity contribution in [3.05, 3.63) is 11.4 Å². The molecule has 0 unspecified atom stereocenters. The van der Waals surface area contributed by atoms with Gasteiger partial charge in [0.15, 0.2) is 5.69 Å². The van der Waals surface area contributed by atoms with E-state index in [0.717, 1.165) is 11.8 Å². The molecule has 12 nitrogen and oxygen atoms in total. The molecule has 2 amide bonds. The highest BCUT2D eigenvalue weighted by Gasteiger charge is 2.43. The molecule has 1 rings (SSSR count). The number of hydrogen-bond acceptors (Lipinski definition) is 12. The third-order valence-corrected chi connectivity index (χ3v) is 4.61. The lowest BCUT2D eigenvalue weighted by atomic mass is 10.1. The summed E-state index contributed by atoms with van der Waals surface area (Å²) in [5.41, 5.74) is -4.18. The number of nitrogens with zero attached hydrogens (tertiary/aromatic N) is 4. The van der Waals surface area contributed by atoms with Crippen LogP contribution in [0.2, 0.25) is 0 Å². The summed E-state index contributed by atoms with van der Waals surface area (Å²) < 4.78 is 21.9. The Bertz CT molecular complexity index is 1040. The third kappa shape index (κ3) is 12.2. The predicted octanol–water partition coefficient (Wildman–Crippen LogP) is 4.97. The molecular formula is C26H42N4O8S. The highest BCUT2D eigenvalue weighted by atomic mass is 32.2. The zero-order valence-corrected chi connectivity index (χ0v) is 26.1. The maximum atomic E-state index is 13.5. The molecule has 0 spiro atoms. The van der Waals surface area contributed by atoms with Crippen LogP contribution in [0.15, 0.2) is 5.16 Å². The van der Waals surface area contributed by atoms with Gasteiger partial charge in [-0.3, -0.25) is 0 Å². The average Bonchev–Trinajstić information content (AvgIpc) is 2.68. The molecule has 1 heterocycles. The standard InChI is InChI=1S/C26H42N4O8S/c1-23(2,3)35-18(31)16(30(21(33)37-25(7,8)9)22(34)38-26(10,11)12)14-15-17(19(32)36-24(4,5)6)27-20(39-13)29-28-15/h16H,14H2,1-13H3/t16-/m0/s1. The minimum atomic E-state index is -1.65. The van der Waals surface area contributed by atoms with Gasteiger partial charge in [0.05, 0.1) is 5.69 Å². The Morgan fingerprint density at radius 3 is 1.54 bits per heavy atom. The second kappa shape index (κ2) is 12.5. The predicted molar refractivity (Wildman–Crippen MR) is 144 cm³/mol. The Hall–Kier alpha value is -2.96. The minimum Gasteiger partial charge on any atom is -0.458 e. The fraction of sp³-hybridized carbons (Fsp3) is 0.731. The summed E-state index contributed by atoms with van der Waals surface area (Å²) >= 11 is 1.15. The Labute approximate surface area is 234 Å². The van der Waals surface area contributed by atoms with Gasteiger partial charge in [0.25, 0.3) is 0 Å². The molecule has 0 saturated heterocycles. The van der Waals surface area contributed by atoms with Gasteiger partial charge in [0.2, 0.25) is 5.16 Å². The summed E-state index contributed by atoms with van der Waals surface area (Å²) in [5.74, 6) is -1.77. The summed E-state index contributed by atoms with van der Waals surface area (Å²) in [5, 5.41) is 8.26. The average molecular weight is 571 g/mol. The van der Waals surface area contributed by atoms with Crippen LogP contribution >= 0.6 is 11.8 Å². The third-order valence-electron chi connectivity index (χ3n) is 4.07.